The predicted molar refractivity (Wildman–Crippen MR) is 123 cm³/mol. The van der Waals surface area contributed by atoms with Crippen LogP contribution in [0.1, 0.15) is 11.1 Å². The van der Waals surface area contributed by atoms with Crippen molar-refractivity contribution in [3.63, 3.8) is 0 Å². The summed E-state index contributed by atoms with van der Waals surface area (Å²) in [6.07, 6.45) is -0.178. The van der Waals surface area contributed by atoms with E-state index in [4.69, 9.17) is 4.74 Å². The number of hydrogen-bond acceptors (Lipinski definition) is 4. The van der Waals surface area contributed by atoms with E-state index in [0.29, 0.717) is 11.8 Å². The number of anilines is 1. The van der Waals surface area contributed by atoms with Crippen molar-refractivity contribution in [1.82, 2.24) is 5.32 Å². The van der Waals surface area contributed by atoms with Crippen LogP contribution >= 0.6 is 0 Å². The van der Waals surface area contributed by atoms with E-state index in [1.165, 1.54) is 12.0 Å². The lowest BCUT2D eigenvalue weighted by Gasteiger charge is -2.27. The molecule has 1 N–H and O–H groups in total. The Kier molecular flexibility index (Phi) is 8.45. The number of esters is 1. The van der Waals surface area contributed by atoms with Crippen LogP contribution in [0.5, 0.6) is 0 Å². The lowest BCUT2D eigenvalue weighted by atomic mass is 10.0. The van der Waals surface area contributed by atoms with Crippen molar-refractivity contribution in [3.8, 4) is 0 Å². The molecule has 6 nitrogen and oxygen atoms in total. The number of nitrogens with zero attached hydrogens (tertiary/aromatic N) is 1. The molecule has 8 heteroatoms. The highest BCUT2D eigenvalue weighted by molar-refractivity contribution is 6.02. The minimum absolute atomic E-state index is 0.135. The highest BCUT2D eigenvalue weighted by Crippen LogP contribution is 2.17. The summed E-state index contributed by atoms with van der Waals surface area (Å²) < 4.78 is 31.8. The number of ether oxygens (including phenoxy) is 1. The van der Waals surface area contributed by atoms with Gasteiger partial charge < -0.3 is 10.1 Å². The number of carbonyl (C=O) groups excluding carboxylic acids is 3. The van der Waals surface area contributed by atoms with Gasteiger partial charge in [-0.05, 0) is 35.4 Å². The smallest absolute Gasteiger partial charge is 0.325 e. The molecule has 3 aromatic carbocycles. The second kappa shape index (κ2) is 11.7. The Hall–Kier alpha value is -4.07. The second-order valence-corrected chi connectivity index (χ2v) is 7.60. The SMILES string of the molecule is COC(=O)CN(C(=O)[C@H](Cc1ccccc1)NC(=O)Cc1cc(F)cc(F)c1)c1ccccc1. The van der Waals surface area contributed by atoms with E-state index in [1.54, 1.807) is 42.5 Å². The molecular weight excluding hydrogens is 442 g/mol. The average molecular weight is 466 g/mol. The van der Waals surface area contributed by atoms with Crippen LogP contribution in [0, 0.1) is 11.6 Å². The number of halogens is 2. The highest BCUT2D eigenvalue weighted by Gasteiger charge is 2.29. The third kappa shape index (κ3) is 6.96. The lowest BCUT2D eigenvalue weighted by Crippen LogP contribution is -2.51. The molecule has 1 atom stereocenters. The summed E-state index contributed by atoms with van der Waals surface area (Å²) in [6, 6.07) is 19.4. The molecule has 0 aromatic heterocycles. The van der Waals surface area contributed by atoms with Crippen LogP contribution in [0.15, 0.2) is 78.9 Å². The fourth-order valence-corrected chi connectivity index (χ4v) is 3.48. The Labute approximate surface area is 196 Å². The van der Waals surface area contributed by atoms with Crippen molar-refractivity contribution in [2.75, 3.05) is 18.6 Å². The van der Waals surface area contributed by atoms with Crippen molar-refractivity contribution in [1.29, 1.82) is 0 Å². The monoisotopic (exact) mass is 466 g/mol. The van der Waals surface area contributed by atoms with Crippen LogP contribution in [0.3, 0.4) is 0 Å². The third-order valence-corrected chi connectivity index (χ3v) is 5.05. The van der Waals surface area contributed by atoms with Gasteiger partial charge >= 0.3 is 5.97 Å². The molecule has 34 heavy (non-hydrogen) atoms. The number of rotatable bonds is 9. The molecule has 0 saturated carbocycles. The molecule has 3 rings (SSSR count). The first-order valence-corrected chi connectivity index (χ1v) is 10.6. The summed E-state index contributed by atoms with van der Waals surface area (Å²) in [7, 11) is 1.22. The summed E-state index contributed by atoms with van der Waals surface area (Å²) >= 11 is 0. The molecule has 0 saturated heterocycles. The largest absolute Gasteiger partial charge is 0.468 e. The van der Waals surface area contributed by atoms with Gasteiger partial charge in [-0.1, -0.05) is 48.5 Å². The minimum Gasteiger partial charge on any atom is -0.468 e. The second-order valence-electron chi connectivity index (χ2n) is 7.60. The lowest BCUT2D eigenvalue weighted by molar-refractivity contribution is -0.140. The number of methoxy groups -OCH3 is 1. The first-order valence-electron chi connectivity index (χ1n) is 10.6. The Morgan fingerprint density at radius 3 is 2.06 bits per heavy atom. The van der Waals surface area contributed by atoms with Crippen molar-refractivity contribution in [2.45, 2.75) is 18.9 Å². The number of benzene rings is 3. The zero-order chi connectivity index (χ0) is 24.5. The topological polar surface area (TPSA) is 75.7 Å². The van der Waals surface area contributed by atoms with Gasteiger partial charge in [0.2, 0.25) is 11.8 Å². The zero-order valence-corrected chi connectivity index (χ0v) is 18.5. The van der Waals surface area contributed by atoms with Crippen molar-refractivity contribution in [3.05, 3.63) is 102 Å². The molecule has 0 unspecified atom stereocenters. The van der Waals surface area contributed by atoms with E-state index >= 15 is 0 Å². The summed E-state index contributed by atoms with van der Waals surface area (Å²) in [4.78, 5) is 39.6. The molecule has 0 spiro atoms. The molecule has 0 fully saturated rings. The fraction of sp³-hybridized carbons (Fsp3) is 0.192. The Balaban J connectivity index is 1.87. The zero-order valence-electron chi connectivity index (χ0n) is 18.5. The molecule has 2 amide bonds. The van der Waals surface area contributed by atoms with Gasteiger partial charge in [0.1, 0.15) is 24.2 Å². The highest BCUT2D eigenvalue weighted by atomic mass is 19.1. The Bertz CT molecular complexity index is 1120. The molecule has 0 aliphatic rings. The molecule has 176 valence electrons. The molecular formula is C26H24F2N2O4. The average Bonchev–Trinajstić information content (AvgIpc) is 2.82. The van der Waals surface area contributed by atoms with Gasteiger partial charge in [0, 0.05) is 18.2 Å². The van der Waals surface area contributed by atoms with E-state index in [-0.39, 0.29) is 24.9 Å². The van der Waals surface area contributed by atoms with Crippen LogP contribution in [0.2, 0.25) is 0 Å². The van der Waals surface area contributed by atoms with E-state index in [1.807, 2.05) is 18.2 Å². The minimum atomic E-state index is -1.04. The summed E-state index contributed by atoms with van der Waals surface area (Å²) in [6.45, 7) is -0.352. The Morgan fingerprint density at radius 2 is 1.47 bits per heavy atom. The van der Waals surface area contributed by atoms with Crippen molar-refractivity contribution in [2.24, 2.45) is 0 Å². The van der Waals surface area contributed by atoms with Crippen LogP contribution < -0.4 is 10.2 Å². The molecule has 3 aromatic rings. The number of hydrogen-bond donors (Lipinski definition) is 1. The van der Waals surface area contributed by atoms with Gasteiger partial charge in [0.15, 0.2) is 0 Å². The number of carbonyl (C=O) groups is 3. The molecule has 0 aliphatic carbocycles. The molecule has 0 heterocycles. The van der Waals surface area contributed by atoms with E-state index in [2.05, 4.69) is 5.32 Å². The Morgan fingerprint density at radius 1 is 0.882 bits per heavy atom. The van der Waals surface area contributed by atoms with E-state index in [9.17, 15) is 23.2 Å². The molecule has 0 aliphatic heterocycles. The molecule has 0 radical (unpaired) electrons. The van der Waals surface area contributed by atoms with Crippen molar-refractivity contribution >= 4 is 23.5 Å². The first-order chi connectivity index (χ1) is 16.4. The number of nitrogens with one attached hydrogen (secondary N) is 1. The van der Waals surface area contributed by atoms with Gasteiger partial charge in [-0.3, -0.25) is 19.3 Å². The summed E-state index contributed by atoms with van der Waals surface area (Å²) in [5.41, 5.74) is 1.37. The first kappa shape index (κ1) is 24.6. The fourth-order valence-electron chi connectivity index (χ4n) is 3.48. The quantitative estimate of drug-likeness (QED) is 0.491. The normalized spacial score (nSPS) is 11.4. The maximum absolute atomic E-state index is 13.6. The van der Waals surface area contributed by atoms with Gasteiger partial charge in [0.25, 0.3) is 0 Å². The van der Waals surface area contributed by atoms with Crippen LogP contribution in [0.25, 0.3) is 0 Å². The van der Waals surface area contributed by atoms with Crippen molar-refractivity contribution < 1.29 is 27.9 Å². The van der Waals surface area contributed by atoms with E-state index in [0.717, 1.165) is 17.7 Å². The number of para-hydroxylation sites is 1. The third-order valence-electron chi connectivity index (χ3n) is 5.05. The predicted octanol–water partition coefficient (Wildman–Crippen LogP) is 3.44. The molecule has 0 bridgehead atoms. The van der Waals surface area contributed by atoms with Crippen LogP contribution in [-0.2, 0) is 32.0 Å². The van der Waals surface area contributed by atoms with Gasteiger partial charge in [-0.15, -0.1) is 0 Å². The van der Waals surface area contributed by atoms with Gasteiger partial charge in [0.05, 0.1) is 13.5 Å². The number of amides is 2. The standard InChI is InChI=1S/C26H24F2N2O4/c1-34-25(32)17-30(22-10-6-3-7-11-22)26(33)23(14-18-8-4-2-5-9-18)29-24(31)15-19-12-20(27)16-21(28)13-19/h2-13,16,23H,14-15,17H2,1H3,(H,29,31)/t23-/m0/s1. The van der Waals surface area contributed by atoms with Gasteiger partial charge in [-0.2, -0.15) is 0 Å². The summed E-state index contributed by atoms with van der Waals surface area (Å²) in [5.74, 6) is -3.34. The maximum Gasteiger partial charge on any atom is 0.325 e. The van der Waals surface area contributed by atoms with Gasteiger partial charge in [-0.25, -0.2) is 8.78 Å². The van der Waals surface area contributed by atoms with E-state index < -0.39 is 35.5 Å². The van der Waals surface area contributed by atoms with Crippen LogP contribution in [-0.4, -0.2) is 37.5 Å². The summed E-state index contributed by atoms with van der Waals surface area (Å²) in [5, 5.41) is 2.67. The maximum atomic E-state index is 13.6. The van der Waals surface area contributed by atoms with Crippen LogP contribution in [0.4, 0.5) is 14.5 Å².